The van der Waals surface area contributed by atoms with Crippen molar-refractivity contribution in [3.05, 3.63) is 0 Å². The van der Waals surface area contributed by atoms with Crippen LogP contribution in [-0.4, -0.2) is 87.2 Å². The maximum Gasteiger partial charge on any atom is 1.00 e. The van der Waals surface area contributed by atoms with Gasteiger partial charge in [-0.2, -0.15) is 0 Å². The Morgan fingerprint density at radius 3 is 0.800 bits per heavy atom. The minimum absolute atomic E-state index is 0. The Morgan fingerprint density at radius 1 is 0.520 bits per heavy atom. The van der Waals surface area contributed by atoms with Crippen molar-refractivity contribution in [1.29, 1.82) is 0 Å². The van der Waals surface area contributed by atoms with Crippen molar-refractivity contribution in [2.75, 3.05) is 38.2 Å². The standard InChI is InChI=1S/C6H20N2O12P4.Na.H/c9-21(10,11)3-7(4-22(12,13)14)1-2-8(5-23(15,16)17)6-24(18,19)20;;/h1-6H2,(H2,9,10,11)(H2,12,13,14)(H2,15,16,17)(H2,18,19,20);;/q;+1;-1. The number of hydrogen-bond acceptors (Lipinski definition) is 6. The molecule has 0 aromatic carbocycles. The minimum atomic E-state index is -4.69. The second-order valence-corrected chi connectivity index (χ2v) is 11.5. The van der Waals surface area contributed by atoms with E-state index in [9.17, 15) is 18.3 Å². The van der Waals surface area contributed by atoms with Crippen LogP contribution in [-0.2, 0) is 18.3 Å². The molecule has 8 N–H and O–H groups in total. The molecule has 0 heterocycles. The first-order valence-electron chi connectivity index (χ1n) is 5.99. The van der Waals surface area contributed by atoms with Gasteiger partial charge in [0.15, 0.2) is 0 Å². The first kappa shape index (κ1) is 28.7. The molecule has 14 nitrogen and oxygen atoms in total. The molecule has 0 amide bonds. The molecule has 0 aromatic heterocycles. The average Bonchev–Trinajstić information content (AvgIpc) is 2.16. The van der Waals surface area contributed by atoms with Crippen molar-refractivity contribution in [2.24, 2.45) is 0 Å². The number of hydrogen-bond donors (Lipinski definition) is 8. The average molecular weight is 460 g/mol. The van der Waals surface area contributed by atoms with E-state index in [-0.39, 0.29) is 31.0 Å². The van der Waals surface area contributed by atoms with E-state index >= 15 is 0 Å². The minimum Gasteiger partial charge on any atom is -1.00 e. The van der Waals surface area contributed by atoms with Gasteiger partial charge in [0.1, 0.15) is 25.1 Å². The molecule has 0 radical (unpaired) electrons. The maximum atomic E-state index is 11.0. The predicted molar refractivity (Wildman–Crippen MR) is 82.2 cm³/mol. The molecule has 0 spiro atoms. The van der Waals surface area contributed by atoms with Crippen LogP contribution in [0.2, 0.25) is 0 Å². The van der Waals surface area contributed by atoms with Crippen LogP contribution in [0.25, 0.3) is 0 Å². The Hall–Kier alpha value is 1.52. The Labute approximate surface area is 166 Å². The smallest absolute Gasteiger partial charge is 1.00 e. The Kier molecular flexibility index (Phi) is 12.5. The van der Waals surface area contributed by atoms with Crippen molar-refractivity contribution in [3.8, 4) is 0 Å². The van der Waals surface area contributed by atoms with Gasteiger partial charge in [-0.3, -0.25) is 28.1 Å². The van der Waals surface area contributed by atoms with E-state index in [2.05, 4.69) is 0 Å². The topological polar surface area (TPSA) is 237 Å². The summed E-state index contributed by atoms with van der Waals surface area (Å²) in [6, 6.07) is 0. The fourth-order valence-corrected chi connectivity index (χ4v) is 5.06. The third-order valence-corrected chi connectivity index (χ3v) is 5.34. The van der Waals surface area contributed by atoms with Gasteiger partial charge in [0.2, 0.25) is 0 Å². The molecule has 0 atom stereocenters. The summed E-state index contributed by atoms with van der Waals surface area (Å²) < 4.78 is 43.9. The summed E-state index contributed by atoms with van der Waals surface area (Å²) in [5, 5.41) is 0. The fourth-order valence-electron chi connectivity index (χ4n) is 1.70. The predicted octanol–water partition coefficient (Wildman–Crippen LogP) is -4.75. The molecule has 0 fully saturated rings. The van der Waals surface area contributed by atoms with Crippen LogP contribution in [0.3, 0.4) is 0 Å². The van der Waals surface area contributed by atoms with Crippen LogP contribution in [0.4, 0.5) is 0 Å². The summed E-state index contributed by atoms with van der Waals surface area (Å²) >= 11 is 0. The molecule has 0 aliphatic heterocycles. The molecule has 0 saturated carbocycles. The van der Waals surface area contributed by atoms with Crippen LogP contribution in [0.5, 0.6) is 0 Å². The Bertz CT molecular complexity index is 499. The summed E-state index contributed by atoms with van der Waals surface area (Å²) in [4.78, 5) is 72.3. The van der Waals surface area contributed by atoms with Gasteiger partial charge < -0.3 is 40.6 Å². The third-order valence-electron chi connectivity index (χ3n) is 2.27. The maximum absolute atomic E-state index is 11.0. The molecule has 0 unspecified atom stereocenters. The van der Waals surface area contributed by atoms with Crippen molar-refractivity contribution in [1.82, 2.24) is 9.80 Å². The fraction of sp³-hybridized carbons (Fsp3) is 1.00. The molecular formula is C6H21N2NaO12P4. The number of rotatable bonds is 11. The van der Waals surface area contributed by atoms with Gasteiger partial charge in [0, 0.05) is 13.1 Å². The molecule has 0 saturated heterocycles. The summed E-state index contributed by atoms with van der Waals surface area (Å²) in [5.74, 6) is 0. The molecule has 0 aliphatic rings. The third kappa shape index (κ3) is 20.1. The number of nitrogens with zero attached hydrogens (tertiary/aromatic N) is 2. The Morgan fingerprint density at radius 2 is 0.680 bits per heavy atom. The molecule has 0 aliphatic carbocycles. The van der Waals surface area contributed by atoms with Crippen LogP contribution < -0.4 is 29.6 Å². The normalized spacial score (nSPS) is 14.0. The van der Waals surface area contributed by atoms with E-state index in [1.807, 2.05) is 0 Å². The molecule has 148 valence electrons. The molecule has 0 aromatic rings. The zero-order valence-electron chi connectivity index (χ0n) is 14.1. The van der Waals surface area contributed by atoms with E-state index in [4.69, 9.17) is 39.1 Å². The van der Waals surface area contributed by atoms with E-state index in [1.54, 1.807) is 0 Å². The van der Waals surface area contributed by atoms with Crippen LogP contribution in [0.1, 0.15) is 1.43 Å². The summed E-state index contributed by atoms with van der Waals surface area (Å²) in [6.45, 7) is -1.01. The van der Waals surface area contributed by atoms with Crippen molar-refractivity contribution in [2.45, 2.75) is 0 Å². The van der Waals surface area contributed by atoms with E-state index in [0.717, 1.165) is 0 Å². The van der Waals surface area contributed by atoms with Gasteiger partial charge in [0.05, 0.1) is 0 Å². The van der Waals surface area contributed by atoms with E-state index in [1.165, 1.54) is 0 Å². The molecule has 25 heavy (non-hydrogen) atoms. The quantitative estimate of drug-likeness (QED) is 0.107. The first-order chi connectivity index (χ1) is 10.4. The van der Waals surface area contributed by atoms with Crippen LogP contribution in [0.15, 0.2) is 0 Å². The van der Waals surface area contributed by atoms with Gasteiger partial charge in [-0.25, -0.2) is 0 Å². The van der Waals surface area contributed by atoms with Crippen LogP contribution in [0, 0.1) is 0 Å². The largest absolute Gasteiger partial charge is 1.00 e. The van der Waals surface area contributed by atoms with Crippen molar-refractivity contribution in [3.63, 3.8) is 0 Å². The monoisotopic (exact) mass is 460 g/mol. The zero-order valence-corrected chi connectivity index (χ0v) is 18.7. The molecule has 0 bridgehead atoms. The van der Waals surface area contributed by atoms with Crippen molar-refractivity contribution < 1.29 is 88.4 Å². The first-order valence-corrected chi connectivity index (χ1v) is 13.2. The van der Waals surface area contributed by atoms with Crippen molar-refractivity contribution >= 4 is 30.4 Å². The van der Waals surface area contributed by atoms with Gasteiger partial charge in [-0.15, -0.1) is 0 Å². The SMILES string of the molecule is O=P(O)(O)CN(CCN(CP(=O)(O)O)CP(=O)(O)O)CP(=O)(O)O.[H-].[Na+]. The second-order valence-electron chi connectivity index (χ2n) is 5.01. The van der Waals surface area contributed by atoms with Crippen LogP contribution >= 0.6 is 30.4 Å². The van der Waals surface area contributed by atoms with Gasteiger partial charge in [0.25, 0.3) is 0 Å². The second kappa shape index (κ2) is 10.9. The zero-order chi connectivity index (χ0) is 19.4. The van der Waals surface area contributed by atoms with E-state index < -0.39 is 68.6 Å². The summed E-state index contributed by atoms with van der Waals surface area (Å²) in [6.07, 6.45) is -4.18. The molecule has 0 rings (SSSR count). The summed E-state index contributed by atoms with van der Waals surface area (Å²) in [7, 11) is -18.8. The van der Waals surface area contributed by atoms with E-state index in [0.29, 0.717) is 9.80 Å². The molecule has 19 heteroatoms. The van der Waals surface area contributed by atoms with Gasteiger partial charge >= 0.3 is 59.9 Å². The van der Waals surface area contributed by atoms with Gasteiger partial charge in [-0.1, -0.05) is 0 Å². The van der Waals surface area contributed by atoms with Gasteiger partial charge in [-0.05, 0) is 0 Å². The summed E-state index contributed by atoms with van der Waals surface area (Å²) in [5.41, 5.74) is 0. The molecular weight excluding hydrogens is 439 g/mol. The Balaban J connectivity index is -0.00000264.